The van der Waals surface area contributed by atoms with Crippen molar-refractivity contribution < 1.29 is 4.79 Å². The smallest absolute Gasteiger partial charge is 0.270 e. The van der Waals surface area contributed by atoms with Crippen LogP contribution in [-0.4, -0.2) is 22.4 Å². The number of benzene rings is 1. The molecule has 1 amide bonds. The van der Waals surface area contributed by atoms with Crippen LogP contribution in [0.5, 0.6) is 0 Å². The van der Waals surface area contributed by atoms with Crippen molar-refractivity contribution in [3.8, 4) is 0 Å². The van der Waals surface area contributed by atoms with E-state index in [1.54, 1.807) is 30.5 Å². The molecular weight excluding hydrogens is 371 g/mol. The van der Waals surface area contributed by atoms with Crippen molar-refractivity contribution in [3.05, 3.63) is 57.9 Å². The Morgan fingerprint density at radius 1 is 1.15 bits per heavy atom. The van der Waals surface area contributed by atoms with Gasteiger partial charge in [0, 0.05) is 28.5 Å². The molecule has 0 saturated carbocycles. The molecule has 0 fully saturated rings. The lowest BCUT2D eigenvalue weighted by Crippen LogP contribution is -2.26. The first-order valence-corrected chi connectivity index (χ1v) is 9.38. The molecule has 0 radical (unpaired) electrons. The molecule has 0 unspecified atom stereocenters. The summed E-state index contributed by atoms with van der Waals surface area (Å²) in [7, 11) is 0. The molecule has 1 aliphatic carbocycles. The van der Waals surface area contributed by atoms with Crippen LogP contribution in [0.4, 0.5) is 11.6 Å². The number of hydrogen-bond donors (Lipinski definition) is 2. The highest BCUT2D eigenvalue weighted by Crippen LogP contribution is 2.24. The van der Waals surface area contributed by atoms with Crippen molar-refractivity contribution in [1.82, 2.24) is 15.3 Å². The largest absolute Gasteiger partial charge is 0.350 e. The third-order valence-electron chi connectivity index (χ3n) is 4.12. The quantitative estimate of drug-likeness (QED) is 0.669. The van der Waals surface area contributed by atoms with Gasteiger partial charge in [0.2, 0.25) is 5.95 Å². The van der Waals surface area contributed by atoms with E-state index in [1.807, 2.05) is 0 Å². The normalized spacial score (nSPS) is 13.8. The number of amides is 1. The van der Waals surface area contributed by atoms with E-state index in [-0.39, 0.29) is 5.91 Å². The monoisotopic (exact) mass is 390 g/mol. The maximum atomic E-state index is 12.3. The highest BCUT2D eigenvalue weighted by atomic mass is 35.5. The van der Waals surface area contributed by atoms with Crippen LogP contribution in [-0.2, 0) is 0 Å². The van der Waals surface area contributed by atoms with Crippen LogP contribution in [0.2, 0.25) is 10.0 Å². The minimum absolute atomic E-state index is 0.212. The lowest BCUT2D eigenvalue weighted by molar-refractivity contribution is 0.0949. The van der Waals surface area contributed by atoms with Crippen molar-refractivity contribution in [3.63, 3.8) is 0 Å². The standard InChI is InChI=1S/C19H20Cl2N4O/c20-14-10-15(21)12-16(11-14)24-19-23-9-7-17(25-19)18(26)22-8-6-13-4-2-1-3-5-13/h4,7,9-12H,1-3,5-6,8H2,(H,22,26)(H,23,24,25). The van der Waals surface area contributed by atoms with Crippen LogP contribution in [0.25, 0.3) is 0 Å². The number of nitrogens with one attached hydrogen (secondary N) is 2. The average Bonchev–Trinajstić information content (AvgIpc) is 2.62. The van der Waals surface area contributed by atoms with Crippen LogP contribution in [0, 0.1) is 0 Å². The van der Waals surface area contributed by atoms with Gasteiger partial charge in [0.05, 0.1) is 0 Å². The van der Waals surface area contributed by atoms with Crippen LogP contribution in [0.1, 0.15) is 42.6 Å². The van der Waals surface area contributed by atoms with E-state index in [0.29, 0.717) is 33.9 Å². The third kappa shape index (κ3) is 5.44. The molecule has 5 nitrogen and oxygen atoms in total. The Morgan fingerprint density at radius 3 is 2.69 bits per heavy atom. The molecular formula is C19H20Cl2N4O. The van der Waals surface area contributed by atoms with Gasteiger partial charge in [-0.15, -0.1) is 0 Å². The molecule has 1 aromatic carbocycles. The number of anilines is 2. The zero-order valence-electron chi connectivity index (χ0n) is 14.3. The Labute approximate surface area is 162 Å². The van der Waals surface area contributed by atoms with Gasteiger partial charge in [0.15, 0.2) is 0 Å². The van der Waals surface area contributed by atoms with Gasteiger partial charge >= 0.3 is 0 Å². The van der Waals surface area contributed by atoms with E-state index in [4.69, 9.17) is 23.2 Å². The number of halogens is 2. The fourth-order valence-electron chi connectivity index (χ4n) is 2.86. The summed E-state index contributed by atoms with van der Waals surface area (Å²) in [5, 5.41) is 6.93. The highest BCUT2D eigenvalue weighted by Gasteiger charge is 2.10. The zero-order valence-corrected chi connectivity index (χ0v) is 15.8. The first-order chi connectivity index (χ1) is 12.6. The zero-order chi connectivity index (χ0) is 18.4. The number of hydrogen-bond acceptors (Lipinski definition) is 4. The maximum absolute atomic E-state index is 12.3. The summed E-state index contributed by atoms with van der Waals surface area (Å²) in [4.78, 5) is 20.7. The molecule has 0 bridgehead atoms. The molecule has 2 aromatic rings. The summed E-state index contributed by atoms with van der Waals surface area (Å²) in [5.41, 5.74) is 2.40. The average molecular weight is 391 g/mol. The number of carbonyl (C=O) groups excluding carboxylic acids is 1. The molecule has 2 N–H and O–H groups in total. The highest BCUT2D eigenvalue weighted by molar-refractivity contribution is 6.35. The van der Waals surface area contributed by atoms with Gasteiger partial charge in [-0.1, -0.05) is 34.9 Å². The fraction of sp³-hybridized carbons (Fsp3) is 0.316. The van der Waals surface area contributed by atoms with Gasteiger partial charge < -0.3 is 10.6 Å². The van der Waals surface area contributed by atoms with E-state index in [1.165, 1.54) is 18.4 Å². The molecule has 136 valence electrons. The molecule has 7 heteroatoms. The molecule has 0 aliphatic heterocycles. The molecule has 0 saturated heterocycles. The second kappa shape index (κ2) is 9.01. The summed E-state index contributed by atoms with van der Waals surface area (Å²) < 4.78 is 0. The summed E-state index contributed by atoms with van der Waals surface area (Å²) in [5.74, 6) is 0.0990. The Balaban J connectivity index is 1.59. The third-order valence-corrected chi connectivity index (χ3v) is 4.56. The molecule has 0 atom stereocenters. The lowest BCUT2D eigenvalue weighted by Gasteiger charge is -2.13. The van der Waals surface area contributed by atoms with Crippen LogP contribution < -0.4 is 10.6 Å². The molecule has 3 rings (SSSR count). The number of carbonyl (C=O) groups is 1. The molecule has 26 heavy (non-hydrogen) atoms. The van der Waals surface area contributed by atoms with Crippen molar-refractivity contribution in [2.45, 2.75) is 32.1 Å². The predicted molar refractivity (Wildman–Crippen MR) is 105 cm³/mol. The summed E-state index contributed by atoms with van der Waals surface area (Å²) >= 11 is 12.0. The minimum atomic E-state index is -0.212. The molecule has 1 aliphatic rings. The van der Waals surface area contributed by atoms with Gasteiger partial charge in [-0.3, -0.25) is 4.79 Å². The number of aromatic nitrogens is 2. The van der Waals surface area contributed by atoms with E-state index in [9.17, 15) is 4.79 Å². The Bertz CT molecular complexity index is 803. The number of allylic oxidation sites excluding steroid dienone is 1. The van der Waals surface area contributed by atoms with Crippen molar-refractivity contribution in [1.29, 1.82) is 0 Å². The summed E-state index contributed by atoms with van der Waals surface area (Å²) in [6.07, 6.45) is 9.53. The number of rotatable bonds is 6. The van der Waals surface area contributed by atoms with Gasteiger partial charge in [-0.05, 0) is 56.4 Å². The summed E-state index contributed by atoms with van der Waals surface area (Å²) in [6, 6.07) is 6.65. The Hall–Kier alpha value is -2.11. The van der Waals surface area contributed by atoms with E-state index in [2.05, 4.69) is 26.7 Å². The van der Waals surface area contributed by atoms with Crippen LogP contribution in [0.15, 0.2) is 42.1 Å². The maximum Gasteiger partial charge on any atom is 0.270 e. The fourth-order valence-corrected chi connectivity index (χ4v) is 3.39. The second-order valence-corrected chi connectivity index (χ2v) is 7.04. The Morgan fingerprint density at radius 2 is 1.96 bits per heavy atom. The first kappa shape index (κ1) is 18.7. The van der Waals surface area contributed by atoms with E-state index in [0.717, 1.165) is 19.3 Å². The minimum Gasteiger partial charge on any atom is -0.350 e. The topological polar surface area (TPSA) is 66.9 Å². The predicted octanol–water partition coefficient (Wildman–Crippen LogP) is 5.15. The molecule has 1 heterocycles. The van der Waals surface area contributed by atoms with Crippen molar-refractivity contribution in [2.75, 3.05) is 11.9 Å². The van der Waals surface area contributed by atoms with Gasteiger partial charge in [0.1, 0.15) is 5.69 Å². The molecule has 1 aromatic heterocycles. The van der Waals surface area contributed by atoms with Gasteiger partial charge in [-0.2, -0.15) is 0 Å². The first-order valence-electron chi connectivity index (χ1n) is 8.62. The van der Waals surface area contributed by atoms with Crippen LogP contribution in [0.3, 0.4) is 0 Å². The van der Waals surface area contributed by atoms with Crippen molar-refractivity contribution >= 4 is 40.7 Å². The van der Waals surface area contributed by atoms with Crippen molar-refractivity contribution in [2.24, 2.45) is 0 Å². The Kier molecular flexibility index (Phi) is 6.47. The summed E-state index contributed by atoms with van der Waals surface area (Å²) in [6.45, 7) is 0.612. The lowest BCUT2D eigenvalue weighted by atomic mass is 9.97. The SMILES string of the molecule is O=C(NCCC1=CCCCC1)c1ccnc(Nc2cc(Cl)cc(Cl)c2)n1. The van der Waals surface area contributed by atoms with Gasteiger partial charge in [-0.25, -0.2) is 9.97 Å². The number of nitrogens with zero attached hydrogens (tertiary/aromatic N) is 2. The molecule has 0 spiro atoms. The van der Waals surface area contributed by atoms with E-state index >= 15 is 0 Å². The van der Waals surface area contributed by atoms with Crippen LogP contribution >= 0.6 is 23.2 Å². The van der Waals surface area contributed by atoms with E-state index < -0.39 is 0 Å². The van der Waals surface area contributed by atoms with Gasteiger partial charge in [0.25, 0.3) is 5.91 Å². The second-order valence-electron chi connectivity index (χ2n) is 6.16.